The maximum absolute atomic E-state index is 5.43. The molecule has 0 saturated carbocycles. The fraction of sp³-hybridized carbons (Fsp3) is 0.833. The average Bonchev–Trinajstić information content (AvgIpc) is 2.21. The molecular formula is C12H24N2. The highest BCUT2D eigenvalue weighted by Crippen LogP contribution is 2.22. The molecule has 0 aliphatic heterocycles. The van der Waals surface area contributed by atoms with Gasteiger partial charge in [0, 0.05) is 0 Å². The molecule has 1 aliphatic carbocycles. The molecule has 2 nitrogen and oxygen atoms in total. The minimum Gasteiger partial charge on any atom is -0.330 e. The molecular weight excluding hydrogens is 172 g/mol. The van der Waals surface area contributed by atoms with Crippen molar-refractivity contribution in [1.82, 2.24) is 5.32 Å². The first kappa shape index (κ1) is 11.7. The zero-order valence-electron chi connectivity index (χ0n) is 9.39. The van der Waals surface area contributed by atoms with Crippen molar-refractivity contribution in [2.45, 2.75) is 39.0 Å². The molecule has 1 unspecified atom stereocenters. The highest BCUT2D eigenvalue weighted by atomic mass is 14.9. The van der Waals surface area contributed by atoms with Crippen LogP contribution in [0.2, 0.25) is 0 Å². The molecule has 0 bridgehead atoms. The summed E-state index contributed by atoms with van der Waals surface area (Å²) in [5.74, 6) is 0.872. The number of nitrogens with one attached hydrogen (secondary N) is 1. The number of unbranched alkanes of at least 4 members (excludes halogenated alkanes) is 1. The Morgan fingerprint density at radius 1 is 1.50 bits per heavy atom. The molecule has 0 amide bonds. The van der Waals surface area contributed by atoms with Crippen LogP contribution in [-0.4, -0.2) is 19.6 Å². The first-order valence-corrected chi connectivity index (χ1v) is 5.89. The van der Waals surface area contributed by atoms with Crippen molar-refractivity contribution in [3.8, 4) is 0 Å². The zero-order chi connectivity index (χ0) is 10.2. The number of rotatable bonds is 6. The minimum absolute atomic E-state index is 0.826. The summed E-state index contributed by atoms with van der Waals surface area (Å²) < 4.78 is 0. The number of hydrogen-bond donors (Lipinski definition) is 2. The monoisotopic (exact) mass is 196 g/mol. The van der Waals surface area contributed by atoms with Gasteiger partial charge in [0.2, 0.25) is 0 Å². The largest absolute Gasteiger partial charge is 0.330 e. The van der Waals surface area contributed by atoms with Gasteiger partial charge in [-0.1, -0.05) is 11.6 Å². The lowest BCUT2D eigenvalue weighted by molar-refractivity contribution is 0.431. The molecule has 0 heterocycles. The molecule has 1 aliphatic rings. The highest BCUT2D eigenvalue weighted by molar-refractivity contribution is 5.02. The number of allylic oxidation sites excluding steroid dienone is 2. The van der Waals surface area contributed by atoms with Gasteiger partial charge in [0.25, 0.3) is 0 Å². The van der Waals surface area contributed by atoms with Gasteiger partial charge in [-0.25, -0.2) is 0 Å². The summed E-state index contributed by atoms with van der Waals surface area (Å²) in [7, 11) is 0. The summed E-state index contributed by atoms with van der Waals surface area (Å²) in [6.07, 6.45) is 8.71. The van der Waals surface area contributed by atoms with Gasteiger partial charge in [0.15, 0.2) is 0 Å². The molecule has 3 N–H and O–H groups in total. The molecule has 1 rings (SSSR count). The molecule has 1 atom stereocenters. The molecule has 0 spiro atoms. The van der Waals surface area contributed by atoms with Crippen molar-refractivity contribution < 1.29 is 0 Å². The Labute approximate surface area is 87.9 Å². The van der Waals surface area contributed by atoms with Crippen molar-refractivity contribution in [2.75, 3.05) is 19.6 Å². The van der Waals surface area contributed by atoms with E-state index >= 15 is 0 Å². The third-order valence-corrected chi connectivity index (χ3v) is 2.99. The van der Waals surface area contributed by atoms with Crippen LogP contribution in [0.3, 0.4) is 0 Å². The van der Waals surface area contributed by atoms with E-state index in [0.29, 0.717) is 0 Å². The van der Waals surface area contributed by atoms with Crippen LogP contribution in [0.5, 0.6) is 0 Å². The van der Waals surface area contributed by atoms with Gasteiger partial charge in [0.05, 0.1) is 0 Å². The van der Waals surface area contributed by atoms with E-state index in [1.54, 1.807) is 5.57 Å². The lowest BCUT2D eigenvalue weighted by atomic mass is 9.90. The van der Waals surface area contributed by atoms with E-state index < -0.39 is 0 Å². The molecule has 0 aromatic rings. The first-order valence-electron chi connectivity index (χ1n) is 5.89. The smallest absolute Gasteiger partial charge is 0.00174 e. The van der Waals surface area contributed by atoms with Crippen molar-refractivity contribution in [3.05, 3.63) is 11.6 Å². The fourth-order valence-corrected chi connectivity index (χ4v) is 1.91. The second-order valence-corrected chi connectivity index (χ2v) is 4.39. The summed E-state index contributed by atoms with van der Waals surface area (Å²) in [6.45, 7) is 5.39. The molecule has 0 aromatic heterocycles. The molecule has 14 heavy (non-hydrogen) atoms. The lowest BCUT2D eigenvalue weighted by Crippen LogP contribution is -2.25. The molecule has 0 fully saturated rings. The first-order chi connectivity index (χ1) is 6.83. The van der Waals surface area contributed by atoms with E-state index in [2.05, 4.69) is 18.3 Å². The van der Waals surface area contributed by atoms with Gasteiger partial charge >= 0.3 is 0 Å². The second-order valence-electron chi connectivity index (χ2n) is 4.39. The SMILES string of the molecule is CC1=CCC(CNCCCCN)CC1. The molecule has 0 radical (unpaired) electrons. The lowest BCUT2D eigenvalue weighted by Gasteiger charge is -2.20. The van der Waals surface area contributed by atoms with Gasteiger partial charge in [-0.3, -0.25) is 0 Å². The maximum Gasteiger partial charge on any atom is -0.00174 e. The van der Waals surface area contributed by atoms with Crippen LogP contribution < -0.4 is 11.1 Å². The number of nitrogens with two attached hydrogens (primary N) is 1. The maximum atomic E-state index is 5.43. The Hall–Kier alpha value is -0.340. The van der Waals surface area contributed by atoms with Crippen LogP contribution in [0.15, 0.2) is 11.6 Å². The van der Waals surface area contributed by atoms with Gasteiger partial charge in [-0.2, -0.15) is 0 Å². The second kappa shape index (κ2) is 7.02. The predicted octanol–water partition coefficient (Wildman–Crippen LogP) is 2.06. The third kappa shape index (κ3) is 4.77. The summed E-state index contributed by atoms with van der Waals surface area (Å²) in [5, 5.41) is 3.52. The van der Waals surface area contributed by atoms with Crippen LogP contribution in [-0.2, 0) is 0 Å². The van der Waals surface area contributed by atoms with Crippen molar-refractivity contribution in [3.63, 3.8) is 0 Å². The minimum atomic E-state index is 0.826. The molecule has 0 saturated heterocycles. The number of hydrogen-bond acceptors (Lipinski definition) is 2. The summed E-state index contributed by atoms with van der Waals surface area (Å²) >= 11 is 0. The highest BCUT2D eigenvalue weighted by Gasteiger charge is 2.11. The topological polar surface area (TPSA) is 38.0 Å². The summed E-state index contributed by atoms with van der Waals surface area (Å²) in [5.41, 5.74) is 7.01. The van der Waals surface area contributed by atoms with E-state index in [-0.39, 0.29) is 0 Å². The van der Waals surface area contributed by atoms with E-state index in [1.165, 1.54) is 32.2 Å². The van der Waals surface area contributed by atoms with Crippen molar-refractivity contribution in [2.24, 2.45) is 11.7 Å². The van der Waals surface area contributed by atoms with Gasteiger partial charge in [-0.15, -0.1) is 0 Å². The van der Waals surface area contributed by atoms with Crippen molar-refractivity contribution >= 4 is 0 Å². The quantitative estimate of drug-likeness (QED) is 0.504. The normalized spacial score (nSPS) is 22.1. The predicted molar refractivity (Wildman–Crippen MR) is 62.3 cm³/mol. The average molecular weight is 196 g/mol. The Kier molecular flexibility index (Phi) is 5.88. The van der Waals surface area contributed by atoms with E-state index in [1.807, 2.05) is 0 Å². The summed E-state index contributed by atoms with van der Waals surface area (Å²) in [6, 6.07) is 0. The standard InChI is InChI=1S/C12H24N2/c1-11-4-6-12(7-5-11)10-14-9-3-2-8-13/h4,12,14H,2-3,5-10,13H2,1H3. The van der Waals surface area contributed by atoms with Gasteiger partial charge in [-0.05, 0) is 64.6 Å². The van der Waals surface area contributed by atoms with Crippen LogP contribution in [0.4, 0.5) is 0 Å². The fourth-order valence-electron chi connectivity index (χ4n) is 1.91. The Bertz CT molecular complexity index is 175. The zero-order valence-corrected chi connectivity index (χ0v) is 9.39. The van der Waals surface area contributed by atoms with Crippen LogP contribution in [0, 0.1) is 5.92 Å². The van der Waals surface area contributed by atoms with Gasteiger partial charge < -0.3 is 11.1 Å². The van der Waals surface area contributed by atoms with Crippen LogP contribution in [0.25, 0.3) is 0 Å². The Morgan fingerprint density at radius 3 is 3.00 bits per heavy atom. The van der Waals surface area contributed by atoms with Crippen LogP contribution >= 0.6 is 0 Å². The Morgan fingerprint density at radius 2 is 2.36 bits per heavy atom. The molecule has 2 heteroatoms. The Balaban J connectivity index is 1.97. The van der Waals surface area contributed by atoms with E-state index in [9.17, 15) is 0 Å². The molecule has 0 aromatic carbocycles. The van der Waals surface area contributed by atoms with Crippen molar-refractivity contribution in [1.29, 1.82) is 0 Å². The van der Waals surface area contributed by atoms with Gasteiger partial charge in [0.1, 0.15) is 0 Å². The van der Waals surface area contributed by atoms with Crippen LogP contribution in [0.1, 0.15) is 39.0 Å². The van der Waals surface area contributed by atoms with E-state index in [4.69, 9.17) is 5.73 Å². The molecule has 82 valence electrons. The third-order valence-electron chi connectivity index (χ3n) is 2.99. The summed E-state index contributed by atoms with van der Waals surface area (Å²) in [4.78, 5) is 0. The van der Waals surface area contributed by atoms with E-state index in [0.717, 1.165) is 25.4 Å².